The number of carbonyl (C=O) groups is 1. The second-order valence-corrected chi connectivity index (χ2v) is 3.38. The van der Waals surface area contributed by atoms with Gasteiger partial charge in [0, 0.05) is 6.04 Å². The summed E-state index contributed by atoms with van der Waals surface area (Å²) in [5.41, 5.74) is 0. The highest BCUT2D eigenvalue weighted by Crippen LogP contribution is 2.23. The lowest BCUT2D eigenvalue weighted by atomic mass is 10.0. The fourth-order valence-electron chi connectivity index (χ4n) is 1.31. The Morgan fingerprint density at radius 3 is 2.53 bits per heavy atom. The van der Waals surface area contributed by atoms with Gasteiger partial charge in [-0.05, 0) is 19.3 Å². The first-order chi connectivity index (χ1) is 6.94. The van der Waals surface area contributed by atoms with Gasteiger partial charge in [-0.15, -0.1) is 0 Å². The molecule has 1 atom stereocenters. The zero-order chi connectivity index (χ0) is 11.5. The van der Waals surface area contributed by atoms with Crippen LogP contribution < -0.4 is 5.32 Å². The normalized spacial score (nSPS) is 21.8. The van der Waals surface area contributed by atoms with Crippen molar-refractivity contribution in [3.63, 3.8) is 0 Å². The minimum Gasteiger partial charge on any atom is -0.348 e. The third-order valence-electron chi connectivity index (χ3n) is 2.18. The lowest BCUT2D eigenvalue weighted by molar-refractivity contribution is -0.170. The Morgan fingerprint density at radius 2 is 2.07 bits per heavy atom. The van der Waals surface area contributed by atoms with Crippen molar-refractivity contribution in [3.05, 3.63) is 12.2 Å². The molecule has 6 heteroatoms. The monoisotopic (exact) mass is 225 g/mol. The van der Waals surface area contributed by atoms with Crippen LogP contribution in [0.25, 0.3) is 0 Å². The summed E-state index contributed by atoms with van der Waals surface area (Å²) in [6.07, 6.45) is 1.19. The van der Waals surface area contributed by atoms with Crippen molar-refractivity contribution in [2.45, 2.75) is 37.7 Å². The van der Waals surface area contributed by atoms with Gasteiger partial charge in [0.25, 0.3) is 5.91 Å². The Hall–Kier alpha value is -1.07. The molecule has 0 saturated heterocycles. The van der Waals surface area contributed by atoms with Gasteiger partial charge in [-0.25, -0.2) is 8.78 Å². The van der Waals surface area contributed by atoms with E-state index >= 15 is 0 Å². The second kappa shape index (κ2) is 4.63. The highest BCUT2D eigenvalue weighted by Gasteiger charge is 2.49. The largest absolute Gasteiger partial charge is 0.383 e. The molecule has 0 aromatic rings. The Balaban J connectivity index is 2.51. The lowest BCUT2D eigenvalue weighted by Gasteiger charge is -2.22. The number of rotatable bonds is 3. The van der Waals surface area contributed by atoms with Crippen LogP contribution in [0.4, 0.5) is 17.6 Å². The molecule has 0 aromatic carbocycles. The Morgan fingerprint density at radius 1 is 1.40 bits per heavy atom. The highest BCUT2D eigenvalue weighted by atomic mass is 19.3. The Labute approximate surface area is 84.3 Å². The van der Waals surface area contributed by atoms with Gasteiger partial charge in [-0.3, -0.25) is 4.79 Å². The second-order valence-electron chi connectivity index (χ2n) is 3.38. The predicted molar refractivity (Wildman–Crippen MR) is 45.9 cm³/mol. The van der Waals surface area contributed by atoms with E-state index in [1.54, 1.807) is 6.08 Å². The van der Waals surface area contributed by atoms with Crippen molar-refractivity contribution in [2.75, 3.05) is 0 Å². The van der Waals surface area contributed by atoms with Gasteiger partial charge in [0.2, 0.25) is 0 Å². The maximum absolute atomic E-state index is 12.5. The van der Waals surface area contributed by atoms with Crippen molar-refractivity contribution in [2.24, 2.45) is 0 Å². The average molecular weight is 225 g/mol. The topological polar surface area (TPSA) is 29.1 Å². The Kier molecular flexibility index (Phi) is 3.71. The molecule has 1 unspecified atom stereocenters. The summed E-state index contributed by atoms with van der Waals surface area (Å²) in [5.74, 6) is -6.49. The van der Waals surface area contributed by atoms with Crippen LogP contribution in [0, 0.1) is 0 Å². The maximum Gasteiger partial charge on any atom is 0.383 e. The molecule has 0 heterocycles. The number of halogens is 4. The molecule has 0 radical (unpaired) electrons. The molecule has 1 amide bonds. The van der Waals surface area contributed by atoms with Crippen LogP contribution in [0.15, 0.2) is 12.2 Å². The third kappa shape index (κ3) is 2.94. The number of alkyl halides is 4. The fraction of sp³-hybridized carbons (Fsp3) is 0.667. The zero-order valence-corrected chi connectivity index (χ0v) is 7.85. The van der Waals surface area contributed by atoms with E-state index in [-0.39, 0.29) is 0 Å². The lowest BCUT2D eigenvalue weighted by Crippen LogP contribution is -2.49. The molecular formula is C9H11F4NO. The molecule has 0 bridgehead atoms. The predicted octanol–water partition coefficient (Wildman–Crippen LogP) is 2.11. The minimum absolute atomic E-state index is 0.408. The minimum atomic E-state index is -4.60. The standard InChI is InChI=1S/C9H11F4NO/c10-7(11)9(12,13)8(15)14-6-4-2-1-3-5-6/h1-2,6-7H,3-5H2,(H,14,15). The number of nitrogens with one attached hydrogen (secondary N) is 1. The summed E-state index contributed by atoms with van der Waals surface area (Å²) in [6, 6.07) is -0.466. The summed E-state index contributed by atoms with van der Waals surface area (Å²) >= 11 is 0. The van der Waals surface area contributed by atoms with Crippen LogP contribution in [0.5, 0.6) is 0 Å². The van der Waals surface area contributed by atoms with Crippen LogP contribution in [0.3, 0.4) is 0 Å². The van der Waals surface area contributed by atoms with Crippen molar-refractivity contribution >= 4 is 5.91 Å². The van der Waals surface area contributed by atoms with E-state index in [1.807, 2.05) is 11.4 Å². The molecule has 1 N–H and O–H groups in total. The quantitative estimate of drug-likeness (QED) is 0.578. The van der Waals surface area contributed by atoms with Crippen LogP contribution >= 0.6 is 0 Å². The van der Waals surface area contributed by atoms with Gasteiger partial charge in [-0.1, -0.05) is 12.2 Å². The number of allylic oxidation sites excluding steroid dienone is 1. The molecule has 15 heavy (non-hydrogen) atoms. The first-order valence-corrected chi connectivity index (χ1v) is 4.56. The fourth-order valence-corrected chi connectivity index (χ4v) is 1.31. The van der Waals surface area contributed by atoms with Gasteiger partial charge >= 0.3 is 12.3 Å². The van der Waals surface area contributed by atoms with E-state index in [2.05, 4.69) is 0 Å². The smallest absolute Gasteiger partial charge is 0.348 e. The number of hydrogen-bond donors (Lipinski definition) is 1. The van der Waals surface area contributed by atoms with Crippen LogP contribution in [-0.4, -0.2) is 24.3 Å². The molecule has 0 spiro atoms. The van der Waals surface area contributed by atoms with Crippen LogP contribution in [-0.2, 0) is 4.79 Å². The number of hydrogen-bond acceptors (Lipinski definition) is 1. The molecule has 1 rings (SSSR count). The van der Waals surface area contributed by atoms with Crippen molar-refractivity contribution in [1.82, 2.24) is 5.32 Å². The summed E-state index contributed by atoms with van der Waals surface area (Å²) in [4.78, 5) is 10.8. The summed E-state index contributed by atoms with van der Waals surface area (Å²) in [6.45, 7) is 0. The molecule has 0 saturated carbocycles. The summed E-state index contributed by atoms with van der Waals surface area (Å²) in [5, 5.41) is 1.92. The molecule has 0 aromatic heterocycles. The van der Waals surface area contributed by atoms with Gasteiger partial charge in [-0.2, -0.15) is 8.78 Å². The van der Waals surface area contributed by atoms with Gasteiger partial charge in [0.1, 0.15) is 0 Å². The maximum atomic E-state index is 12.5. The molecule has 86 valence electrons. The van der Waals surface area contributed by atoms with Crippen molar-refractivity contribution in [1.29, 1.82) is 0 Å². The number of carbonyl (C=O) groups excluding carboxylic acids is 1. The van der Waals surface area contributed by atoms with Gasteiger partial charge in [0.05, 0.1) is 0 Å². The first kappa shape index (κ1) is 12.0. The summed E-state index contributed by atoms with van der Waals surface area (Å²) < 4.78 is 48.6. The van der Waals surface area contributed by atoms with E-state index in [0.717, 1.165) is 0 Å². The first-order valence-electron chi connectivity index (χ1n) is 4.56. The average Bonchev–Trinajstić information content (AvgIpc) is 2.18. The van der Waals surface area contributed by atoms with Crippen LogP contribution in [0.2, 0.25) is 0 Å². The van der Waals surface area contributed by atoms with Crippen LogP contribution in [0.1, 0.15) is 19.3 Å². The SMILES string of the molecule is O=C(NC1CC=CCC1)C(F)(F)C(F)F. The van der Waals surface area contributed by atoms with Crippen molar-refractivity contribution in [3.8, 4) is 0 Å². The third-order valence-corrected chi connectivity index (χ3v) is 2.18. The molecule has 0 aliphatic heterocycles. The van der Waals surface area contributed by atoms with E-state index in [9.17, 15) is 22.4 Å². The summed E-state index contributed by atoms with van der Waals surface area (Å²) in [7, 11) is 0. The molecule has 2 nitrogen and oxygen atoms in total. The van der Waals surface area contributed by atoms with E-state index in [4.69, 9.17) is 0 Å². The Bertz CT molecular complexity index is 265. The molecule has 1 aliphatic rings. The van der Waals surface area contributed by atoms with Crippen molar-refractivity contribution < 1.29 is 22.4 Å². The van der Waals surface area contributed by atoms with E-state index in [0.29, 0.717) is 19.3 Å². The molecule has 1 aliphatic carbocycles. The zero-order valence-electron chi connectivity index (χ0n) is 7.85. The van der Waals surface area contributed by atoms with Gasteiger partial charge < -0.3 is 5.32 Å². The van der Waals surface area contributed by atoms with Gasteiger partial charge in [0.15, 0.2) is 0 Å². The number of amides is 1. The molecule has 0 fully saturated rings. The molecular weight excluding hydrogens is 214 g/mol. The van der Waals surface area contributed by atoms with E-state index in [1.165, 1.54) is 0 Å². The van der Waals surface area contributed by atoms with E-state index < -0.39 is 24.3 Å². The highest BCUT2D eigenvalue weighted by molar-refractivity contribution is 5.84.